The Morgan fingerprint density at radius 2 is 1.93 bits per heavy atom. The zero-order valence-electron chi connectivity index (χ0n) is 16.0. The van der Waals surface area contributed by atoms with Gasteiger partial charge in [0.1, 0.15) is 12.7 Å². The van der Waals surface area contributed by atoms with Crippen LogP contribution in [0.2, 0.25) is 0 Å². The molecule has 1 amide bonds. The van der Waals surface area contributed by atoms with Crippen LogP contribution in [0.1, 0.15) is 43.2 Å². The van der Waals surface area contributed by atoms with Gasteiger partial charge in [-0.1, -0.05) is 29.4 Å². The van der Waals surface area contributed by atoms with Crippen molar-refractivity contribution in [2.75, 3.05) is 13.1 Å². The summed E-state index contributed by atoms with van der Waals surface area (Å²) in [5.74, 6) is 1.38. The highest BCUT2D eigenvalue weighted by Gasteiger charge is 2.23. The van der Waals surface area contributed by atoms with E-state index in [0.29, 0.717) is 37.0 Å². The SMILES string of the molecule is Cc1ccccc1-c1noc(CCCC(=O)N2CCC(n3cnnc3)CC2)n1. The van der Waals surface area contributed by atoms with E-state index in [1.54, 1.807) is 12.7 Å². The molecule has 0 unspecified atom stereocenters. The molecule has 1 fully saturated rings. The van der Waals surface area contributed by atoms with Gasteiger partial charge in [0.25, 0.3) is 0 Å². The monoisotopic (exact) mass is 380 g/mol. The van der Waals surface area contributed by atoms with Gasteiger partial charge in [-0.3, -0.25) is 4.79 Å². The molecule has 0 aliphatic carbocycles. The summed E-state index contributed by atoms with van der Waals surface area (Å²) in [6.07, 6.45) is 7.19. The number of piperidine rings is 1. The van der Waals surface area contributed by atoms with Gasteiger partial charge in [0.2, 0.25) is 17.6 Å². The maximum Gasteiger partial charge on any atom is 0.226 e. The second-order valence-electron chi connectivity index (χ2n) is 7.20. The zero-order valence-corrected chi connectivity index (χ0v) is 16.0. The number of amides is 1. The molecule has 8 nitrogen and oxygen atoms in total. The first-order chi connectivity index (χ1) is 13.7. The van der Waals surface area contributed by atoms with Crippen LogP contribution in [0.3, 0.4) is 0 Å². The third kappa shape index (κ3) is 4.11. The van der Waals surface area contributed by atoms with Crippen molar-refractivity contribution in [2.45, 2.75) is 45.1 Å². The summed E-state index contributed by atoms with van der Waals surface area (Å²) >= 11 is 0. The van der Waals surface area contributed by atoms with E-state index < -0.39 is 0 Å². The number of carbonyl (C=O) groups excluding carboxylic acids is 1. The second kappa shape index (κ2) is 8.33. The van der Waals surface area contributed by atoms with Crippen molar-refractivity contribution in [3.8, 4) is 11.4 Å². The highest BCUT2D eigenvalue weighted by Crippen LogP contribution is 2.23. The number of carbonyl (C=O) groups is 1. The predicted octanol–water partition coefficient (Wildman–Crippen LogP) is 2.82. The zero-order chi connectivity index (χ0) is 19.3. The molecular weight excluding hydrogens is 356 g/mol. The average molecular weight is 380 g/mol. The topological polar surface area (TPSA) is 89.9 Å². The fraction of sp³-hybridized carbons (Fsp3) is 0.450. The summed E-state index contributed by atoms with van der Waals surface area (Å²) in [5, 5.41) is 11.8. The normalized spacial score (nSPS) is 15.1. The smallest absolute Gasteiger partial charge is 0.226 e. The lowest BCUT2D eigenvalue weighted by atomic mass is 10.0. The number of hydrogen-bond donors (Lipinski definition) is 0. The molecule has 0 saturated carbocycles. The summed E-state index contributed by atoms with van der Waals surface area (Å²) < 4.78 is 7.39. The highest BCUT2D eigenvalue weighted by molar-refractivity contribution is 5.76. The minimum Gasteiger partial charge on any atom is -0.343 e. The lowest BCUT2D eigenvalue weighted by Gasteiger charge is -2.32. The van der Waals surface area contributed by atoms with Crippen molar-refractivity contribution in [3.63, 3.8) is 0 Å². The molecule has 1 aliphatic rings. The molecule has 3 heterocycles. The van der Waals surface area contributed by atoms with Crippen molar-refractivity contribution in [1.29, 1.82) is 0 Å². The van der Waals surface area contributed by atoms with Gasteiger partial charge < -0.3 is 14.0 Å². The predicted molar refractivity (Wildman–Crippen MR) is 102 cm³/mol. The average Bonchev–Trinajstić information content (AvgIpc) is 3.41. The van der Waals surface area contributed by atoms with Gasteiger partial charge in [0.15, 0.2) is 0 Å². The Bertz CT molecular complexity index is 912. The van der Waals surface area contributed by atoms with E-state index in [4.69, 9.17) is 4.52 Å². The maximum atomic E-state index is 12.5. The van der Waals surface area contributed by atoms with E-state index >= 15 is 0 Å². The van der Waals surface area contributed by atoms with Gasteiger partial charge in [0, 0.05) is 37.5 Å². The largest absolute Gasteiger partial charge is 0.343 e. The van der Waals surface area contributed by atoms with Crippen LogP contribution >= 0.6 is 0 Å². The molecule has 4 rings (SSSR count). The van der Waals surface area contributed by atoms with E-state index in [0.717, 1.165) is 37.1 Å². The van der Waals surface area contributed by atoms with Gasteiger partial charge in [0.05, 0.1) is 0 Å². The Hall–Kier alpha value is -3.03. The van der Waals surface area contributed by atoms with Gasteiger partial charge in [-0.15, -0.1) is 10.2 Å². The summed E-state index contributed by atoms with van der Waals surface area (Å²) in [4.78, 5) is 18.9. The number of likely N-dealkylation sites (tertiary alicyclic amines) is 1. The van der Waals surface area contributed by atoms with Crippen LogP contribution < -0.4 is 0 Å². The van der Waals surface area contributed by atoms with E-state index in [9.17, 15) is 4.79 Å². The number of aromatic nitrogens is 5. The van der Waals surface area contributed by atoms with Crippen LogP contribution in [0.4, 0.5) is 0 Å². The van der Waals surface area contributed by atoms with Crippen molar-refractivity contribution in [3.05, 3.63) is 48.4 Å². The summed E-state index contributed by atoms with van der Waals surface area (Å²) in [7, 11) is 0. The van der Waals surface area contributed by atoms with Crippen LogP contribution in [-0.4, -0.2) is 48.8 Å². The van der Waals surface area contributed by atoms with E-state index in [1.807, 2.05) is 40.7 Å². The third-order valence-corrected chi connectivity index (χ3v) is 5.31. The van der Waals surface area contributed by atoms with E-state index in [1.165, 1.54) is 0 Å². The number of hydrogen-bond acceptors (Lipinski definition) is 6. The van der Waals surface area contributed by atoms with Crippen molar-refractivity contribution in [1.82, 2.24) is 29.8 Å². The molecule has 1 saturated heterocycles. The minimum absolute atomic E-state index is 0.195. The Balaban J connectivity index is 1.23. The molecule has 146 valence electrons. The van der Waals surface area contributed by atoms with Crippen LogP contribution in [0.25, 0.3) is 11.4 Å². The number of benzene rings is 1. The van der Waals surface area contributed by atoms with Crippen molar-refractivity contribution >= 4 is 5.91 Å². The Morgan fingerprint density at radius 3 is 2.68 bits per heavy atom. The third-order valence-electron chi connectivity index (χ3n) is 5.31. The van der Waals surface area contributed by atoms with Gasteiger partial charge in [-0.05, 0) is 31.7 Å². The molecule has 2 aromatic heterocycles. The quantitative estimate of drug-likeness (QED) is 0.653. The molecule has 8 heteroatoms. The Kier molecular flexibility index (Phi) is 5.45. The molecule has 1 aromatic carbocycles. The van der Waals surface area contributed by atoms with Crippen LogP contribution in [0.15, 0.2) is 41.4 Å². The number of aryl methyl sites for hydroxylation is 2. The lowest BCUT2D eigenvalue weighted by molar-refractivity contribution is -0.132. The minimum atomic E-state index is 0.195. The maximum absolute atomic E-state index is 12.5. The molecule has 3 aromatic rings. The fourth-order valence-electron chi connectivity index (χ4n) is 3.65. The highest BCUT2D eigenvalue weighted by atomic mass is 16.5. The van der Waals surface area contributed by atoms with Gasteiger partial charge >= 0.3 is 0 Å². The van der Waals surface area contributed by atoms with Crippen LogP contribution in [0, 0.1) is 6.92 Å². The molecule has 0 spiro atoms. The molecule has 1 aliphatic heterocycles. The lowest BCUT2D eigenvalue weighted by Crippen LogP contribution is -2.38. The first kappa shape index (κ1) is 18.3. The second-order valence-corrected chi connectivity index (χ2v) is 7.20. The Labute approximate surface area is 163 Å². The van der Waals surface area contributed by atoms with Crippen molar-refractivity contribution in [2.24, 2.45) is 0 Å². The molecule has 28 heavy (non-hydrogen) atoms. The number of rotatable bonds is 6. The van der Waals surface area contributed by atoms with Crippen LogP contribution in [-0.2, 0) is 11.2 Å². The van der Waals surface area contributed by atoms with Gasteiger partial charge in [-0.25, -0.2) is 0 Å². The molecule has 0 N–H and O–H groups in total. The molecule has 0 radical (unpaired) electrons. The van der Waals surface area contributed by atoms with E-state index in [-0.39, 0.29) is 5.91 Å². The van der Waals surface area contributed by atoms with Crippen molar-refractivity contribution < 1.29 is 9.32 Å². The Morgan fingerprint density at radius 1 is 1.18 bits per heavy atom. The van der Waals surface area contributed by atoms with E-state index in [2.05, 4.69) is 20.3 Å². The summed E-state index contributed by atoms with van der Waals surface area (Å²) in [6, 6.07) is 8.34. The summed E-state index contributed by atoms with van der Waals surface area (Å²) in [5.41, 5.74) is 2.09. The first-order valence-electron chi connectivity index (χ1n) is 9.71. The molecular formula is C20H24N6O2. The van der Waals surface area contributed by atoms with Gasteiger partial charge in [-0.2, -0.15) is 4.98 Å². The molecule has 0 bridgehead atoms. The first-order valence-corrected chi connectivity index (χ1v) is 9.71. The number of nitrogens with zero attached hydrogens (tertiary/aromatic N) is 6. The fourth-order valence-corrected chi connectivity index (χ4v) is 3.65. The standard InChI is InChI=1S/C20H24N6O2/c1-15-5-2-3-6-17(15)20-23-18(28-24-20)7-4-8-19(27)25-11-9-16(10-12-25)26-13-21-22-14-26/h2-3,5-6,13-14,16H,4,7-12H2,1H3. The summed E-state index contributed by atoms with van der Waals surface area (Å²) in [6.45, 7) is 3.58. The van der Waals surface area contributed by atoms with Crippen LogP contribution in [0.5, 0.6) is 0 Å². The molecule has 0 atom stereocenters.